The highest BCUT2D eigenvalue weighted by Crippen LogP contribution is 2.26. The smallest absolute Gasteiger partial charge is 0.260 e. The molecule has 144 valence electrons. The number of pyridine rings is 1. The third-order valence-electron chi connectivity index (χ3n) is 4.13. The van der Waals surface area contributed by atoms with Gasteiger partial charge in [-0.2, -0.15) is 0 Å². The minimum atomic E-state index is -3.87. The average molecular weight is 395 g/mol. The van der Waals surface area contributed by atoms with Crippen LogP contribution in [0.25, 0.3) is 0 Å². The number of amides is 1. The summed E-state index contributed by atoms with van der Waals surface area (Å²) in [5.41, 5.74) is -0.0138. The minimum absolute atomic E-state index is 0.0138. The Morgan fingerprint density at radius 1 is 1.30 bits per heavy atom. The number of ether oxygens (including phenoxy) is 1. The molecule has 10 heteroatoms. The molecular formula is C17H18FN3O5S. The van der Waals surface area contributed by atoms with Gasteiger partial charge in [0.15, 0.2) is 0 Å². The molecule has 2 aromatic rings. The fraction of sp³-hybridized carbons (Fsp3) is 0.294. The van der Waals surface area contributed by atoms with Crippen molar-refractivity contribution in [3.63, 3.8) is 0 Å². The fourth-order valence-electron chi connectivity index (χ4n) is 2.64. The number of carbonyl (C=O) groups excluding carboxylic acids is 1. The van der Waals surface area contributed by atoms with Crippen molar-refractivity contribution in [1.29, 1.82) is 0 Å². The first kappa shape index (κ1) is 19.2. The van der Waals surface area contributed by atoms with Crippen LogP contribution in [-0.4, -0.2) is 43.7 Å². The summed E-state index contributed by atoms with van der Waals surface area (Å²) in [4.78, 5) is 16.1. The molecule has 0 unspecified atom stereocenters. The van der Waals surface area contributed by atoms with Crippen LogP contribution in [0.5, 0.6) is 5.75 Å². The molecule has 0 bridgehead atoms. The summed E-state index contributed by atoms with van der Waals surface area (Å²) in [6.07, 6.45) is 1.14. The largest absolute Gasteiger partial charge is 0.496 e. The van der Waals surface area contributed by atoms with Crippen molar-refractivity contribution in [1.82, 2.24) is 9.71 Å². The summed E-state index contributed by atoms with van der Waals surface area (Å²) in [5.74, 6) is -0.918. The normalized spacial score (nSPS) is 19.2. The Labute approximate surface area is 155 Å². The van der Waals surface area contributed by atoms with E-state index in [1.54, 1.807) is 0 Å². The fourth-order valence-corrected chi connectivity index (χ4v) is 3.92. The number of methoxy groups -OCH3 is 1. The van der Waals surface area contributed by atoms with Crippen LogP contribution in [-0.2, 0) is 10.0 Å². The van der Waals surface area contributed by atoms with Gasteiger partial charge in [-0.05, 0) is 43.2 Å². The number of sulfonamides is 1. The number of rotatable bonds is 6. The number of nitrogens with zero attached hydrogens (tertiary/aromatic N) is 1. The Balaban J connectivity index is 1.84. The summed E-state index contributed by atoms with van der Waals surface area (Å²) >= 11 is 0. The van der Waals surface area contributed by atoms with E-state index >= 15 is 0 Å². The lowest BCUT2D eigenvalue weighted by Gasteiger charge is -2.31. The van der Waals surface area contributed by atoms with Crippen molar-refractivity contribution in [2.24, 2.45) is 0 Å². The number of aromatic nitrogens is 1. The van der Waals surface area contributed by atoms with Gasteiger partial charge >= 0.3 is 0 Å². The van der Waals surface area contributed by atoms with E-state index < -0.39 is 27.9 Å². The van der Waals surface area contributed by atoms with E-state index in [4.69, 9.17) is 4.74 Å². The maximum Gasteiger partial charge on any atom is 0.260 e. The van der Waals surface area contributed by atoms with Crippen LogP contribution in [0, 0.1) is 5.82 Å². The molecule has 0 atom stereocenters. The number of hydrogen-bond donors (Lipinski definition) is 3. The van der Waals surface area contributed by atoms with Gasteiger partial charge in [0, 0.05) is 6.04 Å². The van der Waals surface area contributed by atoms with Gasteiger partial charge in [-0.25, -0.2) is 22.5 Å². The number of aliphatic hydroxyl groups excluding tert-OH is 1. The Morgan fingerprint density at radius 2 is 2.04 bits per heavy atom. The second-order valence-electron chi connectivity index (χ2n) is 6.12. The molecule has 8 nitrogen and oxygen atoms in total. The highest BCUT2D eigenvalue weighted by molar-refractivity contribution is 7.89. The van der Waals surface area contributed by atoms with Gasteiger partial charge in [-0.1, -0.05) is 0 Å². The standard InChI is InChI=1S/C17H18FN3O5S/c1-26-15-4-3-13(27(24,25)21-11-6-12(22)7-11)8-14(15)17(23)20-16-5-2-10(18)9-19-16/h2-5,8-9,11-12,21-22H,6-7H2,1H3,(H,19,20,23)/t11-,12-. The monoisotopic (exact) mass is 395 g/mol. The van der Waals surface area contributed by atoms with Gasteiger partial charge < -0.3 is 15.2 Å². The minimum Gasteiger partial charge on any atom is -0.496 e. The number of halogens is 1. The van der Waals surface area contributed by atoms with Crippen molar-refractivity contribution in [2.45, 2.75) is 29.9 Å². The molecule has 1 aromatic heterocycles. The molecule has 0 saturated heterocycles. The second kappa shape index (κ2) is 7.59. The van der Waals surface area contributed by atoms with E-state index in [0.29, 0.717) is 12.8 Å². The molecule has 27 heavy (non-hydrogen) atoms. The zero-order valence-corrected chi connectivity index (χ0v) is 15.2. The van der Waals surface area contributed by atoms with Crippen molar-refractivity contribution in [2.75, 3.05) is 12.4 Å². The molecule has 0 aliphatic heterocycles. The van der Waals surface area contributed by atoms with Gasteiger partial charge in [0.25, 0.3) is 5.91 Å². The lowest BCUT2D eigenvalue weighted by atomic mass is 9.91. The number of hydrogen-bond acceptors (Lipinski definition) is 6. The van der Waals surface area contributed by atoms with Crippen LogP contribution in [0.1, 0.15) is 23.2 Å². The number of benzene rings is 1. The zero-order valence-electron chi connectivity index (χ0n) is 14.3. The third-order valence-corrected chi connectivity index (χ3v) is 5.65. The number of anilines is 1. The van der Waals surface area contributed by atoms with Gasteiger partial charge in [-0.15, -0.1) is 0 Å². The van der Waals surface area contributed by atoms with E-state index in [2.05, 4.69) is 15.0 Å². The predicted octanol–water partition coefficient (Wildman–Crippen LogP) is 1.28. The summed E-state index contributed by atoms with van der Waals surface area (Å²) in [5, 5.41) is 11.8. The van der Waals surface area contributed by atoms with Gasteiger partial charge in [0.2, 0.25) is 10.0 Å². The Kier molecular flexibility index (Phi) is 5.40. The van der Waals surface area contributed by atoms with Crippen LogP contribution in [0.4, 0.5) is 10.2 Å². The molecule has 1 saturated carbocycles. The maximum atomic E-state index is 12.9. The summed E-state index contributed by atoms with van der Waals surface area (Å²) in [6.45, 7) is 0. The molecule has 1 aromatic carbocycles. The summed E-state index contributed by atoms with van der Waals surface area (Å²) < 4.78 is 45.5. The topological polar surface area (TPSA) is 118 Å². The van der Waals surface area contributed by atoms with Crippen LogP contribution < -0.4 is 14.8 Å². The van der Waals surface area contributed by atoms with Crippen LogP contribution in [0.3, 0.4) is 0 Å². The first-order valence-corrected chi connectivity index (χ1v) is 9.58. The number of nitrogens with one attached hydrogen (secondary N) is 2. The molecule has 1 fully saturated rings. The molecule has 0 radical (unpaired) electrons. The predicted molar refractivity (Wildman–Crippen MR) is 94.5 cm³/mol. The number of aliphatic hydroxyl groups is 1. The molecule has 1 aliphatic carbocycles. The van der Waals surface area contributed by atoms with Crippen LogP contribution in [0.2, 0.25) is 0 Å². The van der Waals surface area contributed by atoms with Gasteiger partial charge in [0.05, 0.1) is 29.9 Å². The highest BCUT2D eigenvalue weighted by Gasteiger charge is 2.31. The SMILES string of the molecule is COc1ccc(S(=O)(=O)N[C@H]2C[C@H](O)C2)cc1C(=O)Nc1ccc(F)cn1. The molecule has 1 heterocycles. The molecule has 3 N–H and O–H groups in total. The van der Waals surface area contributed by atoms with E-state index in [1.165, 1.54) is 31.4 Å². The van der Waals surface area contributed by atoms with Crippen molar-refractivity contribution in [3.8, 4) is 5.75 Å². The maximum absolute atomic E-state index is 12.9. The first-order valence-electron chi connectivity index (χ1n) is 8.10. The molecule has 3 rings (SSSR count). The van der Waals surface area contributed by atoms with E-state index in [-0.39, 0.29) is 28.1 Å². The van der Waals surface area contributed by atoms with Crippen molar-refractivity contribution >= 4 is 21.7 Å². The second-order valence-corrected chi connectivity index (χ2v) is 7.84. The summed E-state index contributed by atoms with van der Waals surface area (Å²) in [7, 11) is -2.51. The van der Waals surface area contributed by atoms with Gasteiger partial charge in [-0.3, -0.25) is 4.79 Å². The van der Waals surface area contributed by atoms with Gasteiger partial charge in [0.1, 0.15) is 17.4 Å². The van der Waals surface area contributed by atoms with Crippen LogP contribution in [0.15, 0.2) is 41.4 Å². The van der Waals surface area contributed by atoms with E-state index in [0.717, 1.165) is 12.3 Å². The summed E-state index contributed by atoms with van der Waals surface area (Å²) in [6, 6.07) is 5.96. The highest BCUT2D eigenvalue weighted by atomic mass is 32.2. The van der Waals surface area contributed by atoms with Crippen molar-refractivity contribution in [3.05, 3.63) is 47.9 Å². The van der Waals surface area contributed by atoms with E-state index in [1.807, 2.05) is 0 Å². The Bertz CT molecular complexity index is 944. The van der Waals surface area contributed by atoms with Crippen LogP contribution >= 0.6 is 0 Å². The quantitative estimate of drug-likeness (QED) is 0.678. The Morgan fingerprint density at radius 3 is 2.63 bits per heavy atom. The first-order chi connectivity index (χ1) is 12.8. The van der Waals surface area contributed by atoms with Crippen molar-refractivity contribution < 1.29 is 27.4 Å². The zero-order chi connectivity index (χ0) is 19.6. The van der Waals surface area contributed by atoms with E-state index in [9.17, 15) is 22.7 Å². The lowest BCUT2D eigenvalue weighted by molar-refractivity contribution is 0.0712. The molecule has 1 aliphatic rings. The molecular weight excluding hydrogens is 377 g/mol. The number of carbonyl (C=O) groups is 1. The molecule has 1 amide bonds. The lowest BCUT2D eigenvalue weighted by Crippen LogP contribution is -2.46. The third kappa shape index (κ3) is 4.41. The average Bonchev–Trinajstić information content (AvgIpc) is 2.61. The Hall–Kier alpha value is -2.56. The molecule has 0 spiro atoms.